The summed E-state index contributed by atoms with van der Waals surface area (Å²) < 4.78 is 35.0. The molecule has 0 radical (unpaired) electrons. The topological polar surface area (TPSA) is 105 Å². The van der Waals surface area contributed by atoms with E-state index in [1.54, 1.807) is 37.5 Å². The number of rotatable bonds is 6. The molecule has 0 atom stereocenters. The minimum atomic E-state index is -3.86. The molecule has 0 saturated carbocycles. The predicted molar refractivity (Wildman–Crippen MR) is 134 cm³/mol. The van der Waals surface area contributed by atoms with Gasteiger partial charge in [0, 0.05) is 37.8 Å². The molecule has 35 heavy (non-hydrogen) atoms. The molecule has 1 aliphatic rings. The number of aromatic nitrogens is 2. The lowest BCUT2D eigenvalue weighted by atomic mass is 9.99. The van der Waals surface area contributed by atoms with Gasteiger partial charge in [-0.3, -0.25) is 0 Å². The molecule has 2 aromatic carbocycles. The monoisotopic (exact) mass is 536 g/mol. The van der Waals surface area contributed by atoms with Crippen LogP contribution in [0.15, 0.2) is 42.5 Å². The van der Waals surface area contributed by atoms with Crippen molar-refractivity contribution in [2.45, 2.75) is 6.54 Å². The second-order valence-electron chi connectivity index (χ2n) is 7.99. The van der Waals surface area contributed by atoms with Gasteiger partial charge in [-0.15, -0.1) is 0 Å². The third kappa shape index (κ3) is 4.80. The molecule has 4 rings (SSSR count). The summed E-state index contributed by atoms with van der Waals surface area (Å²) in [5.74, 6) is -0.613. The van der Waals surface area contributed by atoms with Crippen molar-refractivity contribution in [3.05, 3.63) is 75.0 Å². The molecule has 1 aliphatic heterocycles. The van der Waals surface area contributed by atoms with Crippen LogP contribution in [0.2, 0.25) is 10.0 Å². The van der Waals surface area contributed by atoms with Gasteiger partial charge in [0.15, 0.2) is 5.69 Å². The van der Waals surface area contributed by atoms with E-state index >= 15 is 0 Å². The van der Waals surface area contributed by atoms with E-state index in [9.17, 15) is 18.3 Å². The largest absolute Gasteiger partial charge is 0.497 e. The Morgan fingerprint density at radius 3 is 2.40 bits per heavy atom. The first-order valence-corrected chi connectivity index (χ1v) is 12.5. The number of halogens is 2. The Morgan fingerprint density at radius 2 is 1.83 bits per heavy atom. The summed E-state index contributed by atoms with van der Waals surface area (Å²) >= 11 is 12.5. The number of carbonyl (C=O) groups is 1. The fraction of sp³-hybridized carbons (Fsp3) is 0.217. The maximum atomic E-state index is 13.0. The van der Waals surface area contributed by atoms with E-state index in [0.29, 0.717) is 27.7 Å². The van der Waals surface area contributed by atoms with E-state index in [1.165, 1.54) is 29.1 Å². The molecule has 3 aromatic rings. The molecule has 0 aliphatic carbocycles. The molecule has 184 valence electrons. The van der Waals surface area contributed by atoms with Crippen LogP contribution in [0.25, 0.3) is 17.3 Å². The number of nitrogens with zero attached hydrogens (tertiary/aromatic N) is 4. The third-order valence-corrected chi connectivity index (χ3v) is 7.93. The average molecular weight is 537 g/mol. The van der Waals surface area contributed by atoms with Crippen molar-refractivity contribution in [2.24, 2.45) is 0 Å². The molecule has 1 aromatic heterocycles. The number of carboxylic acids is 1. The molecule has 0 spiro atoms. The van der Waals surface area contributed by atoms with Gasteiger partial charge >= 0.3 is 5.97 Å². The minimum Gasteiger partial charge on any atom is -0.497 e. The van der Waals surface area contributed by atoms with Crippen LogP contribution in [-0.4, -0.2) is 65.6 Å². The zero-order valence-electron chi connectivity index (χ0n) is 19.1. The van der Waals surface area contributed by atoms with Crippen LogP contribution in [0.4, 0.5) is 0 Å². The lowest BCUT2D eigenvalue weighted by molar-refractivity contribution is 0.0688. The van der Waals surface area contributed by atoms with E-state index in [0.717, 1.165) is 9.87 Å². The molecular formula is C23H22Cl2N4O5S. The van der Waals surface area contributed by atoms with Gasteiger partial charge in [0.2, 0.25) is 0 Å². The Kier molecular flexibility index (Phi) is 6.94. The van der Waals surface area contributed by atoms with Gasteiger partial charge in [-0.25, -0.2) is 9.48 Å². The summed E-state index contributed by atoms with van der Waals surface area (Å²) in [5.41, 5.74) is 2.21. The summed E-state index contributed by atoms with van der Waals surface area (Å²) in [6.07, 6.45) is 1.79. The number of fused-ring (bicyclic) bond motifs is 1. The molecule has 1 N–H and O–H groups in total. The summed E-state index contributed by atoms with van der Waals surface area (Å²) in [7, 11) is 0.551. The third-order valence-electron chi connectivity index (χ3n) is 5.55. The van der Waals surface area contributed by atoms with Crippen LogP contribution in [0, 0.1) is 0 Å². The summed E-state index contributed by atoms with van der Waals surface area (Å²) in [6.45, 7) is -0.169. The zero-order valence-corrected chi connectivity index (χ0v) is 21.4. The highest BCUT2D eigenvalue weighted by molar-refractivity contribution is 7.86. The molecule has 12 heteroatoms. The minimum absolute atomic E-state index is 0.00446. The normalized spacial score (nSPS) is 15.4. The zero-order chi connectivity index (χ0) is 25.5. The highest BCUT2D eigenvalue weighted by atomic mass is 35.5. The SMILES string of the molecule is COc1ccc(C=C2CN(S(=O)(=O)N(C)C)Cc3c(C(=O)O)nn(-c4ccc(Cl)cc4Cl)c32)cc1. The highest BCUT2D eigenvalue weighted by Gasteiger charge is 2.37. The van der Waals surface area contributed by atoms with Gasteiger partial charge in [0.05, 0.1) is 23.5 Å². The molecule has 0 unspecified atom stereocenters. The second-order valence-corrected chi connectivity index (χ2v) is 11.0. The Balaban J connectivity index is 1.99. The summed E-state index contributed by atoms with van der Waals surface area (Å²) in [5, 5.41) is 14.9. The molecule has 0 fully saturated rings. The summed E-state index contributed by atoms with van der Waals surface area (Å²) in [4.78, 5) is 12.1. The first kappa shape index (κ1) is 25.2. The standard InChI is InChI=1S/C23H22Cl2N4O5S/c1-27(2)35(32,33)28-12-15(10-14-4-7-17(34-3)8-5-14)22-18(13-28)21(23(30)31)26-29(22)20-9-6-16(24)11-19(20)25/h4-11H,12-13H2,1-3H3,(H,30,31). The first-order valence-electron chi connectivity index (χ1n) is 10.4. The van der Waals surface area contributed by atoms with E-state index < -0.39 is 16.2 Å². The molecule has 9 nitrogen and oxygen atoms in total. The van der Waals surface area contributed by atoms with Crippen molar-refractivity contribution in [1.29, 1.82) is 0 Å². The van der Waals surface area contributed by atoms with E-state index in [2.05, 4.69) is 5.10 Å². The molecular weight excluding hydrogens is 515 g/mol. The molecule has 0 bridgehead atoms. The van der Waals surface area contributed by atoms with Crippen LogP contribution >= 0.6 is 23.2 Å². The lowest BCUT2D eigenvalue weighted by Gasteiger charge is -2.31. The van der Waals surface area contributed by atoms with Gasteiger partial charge in [-0.2, -0.15) is 22.1 Å². The number of methoxy groups -OCH3 is 1. The predicted octanol–water partition coefficient (Wildman–Crippen LogP) is 4.05. The van der Waals surface area contributed by atoms with Crippen LogP contribution in [-0.2, 0) is 16.8 Å². The van der Waals surface area contributed by atoms with Gasteiger partial charge in [-0.1, -0.05) is 35.3 Å². The Hall–Kier alpha value is -2.89. The summed E-state index contributed by atoms with van der Waals surface area (Å²) in [6, 6.07) is 12.0. The van der Waals surface area contributed by atoms with Crippen molar-refractivity contribution in [2.75, 3.05) is 27.7 Å². The maximum Gasteiger partial charge on any atom is 0.356 e. The Morgan fingerprint density at radius 1 is 1.14 bits per heavy atom. The molecule has 0 amide bonds. The van der Waals surface area contributed by atoms with Crippen molar-refractivity contribution < 1.29 is 23.1 Å². The fourth-order valence-corrected chi connectivity index (χ4v) is 5.38. The number of carboxylic acid groups (broad SMARTS) is 1. The number of aromatic carboxylic acids is 1. The number of ether oxygens (including phenoxy) is 1. The molecule has 0 saturated heterocycles. The van der Waals surface area contributed by atoms with Crippen LogP contribution in [0.3, 0.4) is 0 Å². The van der Waals surface area contributed by atoms with E-state index in [1.807, 2.05) is 12.1 Å². The second kappa shape index (κ2) is 9.63. The average Bonchev–Trinajstić information content (AvgIpc) is 3.19. The Labute approximate surface area is 212 Å². The first-order chi connectivity index (χ1) is 16.5. The van der Waals surface area contributed by atoms with Crippen molar-refractivity contribution in [1.82, 2.24) is 18.4 Å². The maximum absolute atomic E-state index is 13.0. The fourth-order valence-electron chi connectivity index (χ4n) is 3.84. The van der Waals surface area contributed by atoms with Crippen molar-refractivity contribution >= 4 is 51.0 Å². The van der Waals surface area contributed by atoms with Crippen LogP contribution in [0.5, 0.6) is 5.75 Å². The quantitative estimate of drug-likeness (QED) is 0.509. The van der Waals surface area contributed by atoms with Crippen molar-refractivity contribution in [3.8, 4) is 11.4 Å². The van der Waals surface area contributed by atoms with Gasteiger partial charge < -0.3 is 9.84 Å². The van der Waals surface area contributed by atoms with Crippen LogP contribution in [0.1, 0.15) is 27.3 Å². The smallest absolute Gasteiger partial charge is 0.356 e. The molecule has 2 heterocycles. The van der Waals surface area contributed by atoms with E-state index in [-0.39, 0.29) is 29.4 Å². The number of benzene rings is 2. The van der Waals surface area contributed by atoms with Gasteiger partial charge in [0.1, 0.15) is 5.75 Å². The number of hydrogen-bond donors (Lipinski definition) is 1. The van der Waals surface area contributed by atoms with Crippen LogP contribution < -0.4 is 4.74 Å². The van der Waals surface area contributed by atoms with Crippen molar-refractivity contribution in [3.63, 3.8) is 0 Å². The Bertz CT molecular complexity index is 1430. The highest BCUT2D eigenvalue weighted by Crippen LogP contribution is 2.37. The van der Waals surface area contributed by atoms with Gasteiger partial charge in [-0.05, 0) is 47.5 Å². The number of hydrogen-bond acceptors (Lipinski definition) is 5. The lowest BCUT2D eigenvalue weighted by Crippen LogP contribution is -2.42. The van der Waals surface area contributed by atoms with Gasteiger partial charge in [0.25, 0.3) is 10.2 Å². The van der Waals surface area contributed by atoms with E-state index in [4.69, 9.17) is 27.9 Å².